The minimum absolute atomic E-state index is 0.414. The first-order chi connectivity index (χ1) is 6.11. The van der Waals surface area contributed by atoms with Crippen LogP contribution in [0.25, 0.3) is 0 Å². The van der Waals surface area contributed by atoms with Crippen molar-refractivity contribution in [3.05, 3.63) is 0 Å². The zero-order valence-corrected chi connectivity index (χ0v) is 6.91. The first-order valence-corrected chi connectivity index (χ1v) is 3.85. The van der Waals surface area contributed by atoms with Crippen LogP contribution in [-0.4, -0.2) is 52.6 Å². The lowest BCUT2D eigenvalue weighted by atomic mass is 9.98. The molecule has 1 saturated heterocycles. The van der Waals surface area contributed by atoms with E-state index in [-0.39, 0.29) is 0 Å². The molecule has 13 heavy (non-hydrogen) atoms. The van der Waals surface area contributed by atoms with Gasteiger partial charge in [0.1, 0.15) is 18.3 Å². The summed E-state index contributed by atoms with van der Waals surface area (Å²) in [5, 5.41) is 27.4. The minimum Gasteiger partial charge on any atom is -0.394 e. The Labute approximate surface area is 74.8 Å². The predicted molar refractivity (Wildman–Crippen MR) is 41.0 cm³/mol. The molecule has 0 aromatic heterocycles. The zero-order chi connectivity index (χ0) is 10.0. The number of aliphatic hydroxyl groups excluding tert-OH is 3. The van der Waals surface area contributed by atoms with E-state index < -0.39 is 37.3 Å². The van der Waals surface area contributed by atoms with Gasteiger partial charge in [0.2, 0.25) is 0 Å². The van der Waals surface area contributed by atoms with E-state index in [9.17, 15) is 5.11 Å². The third-order valence-corrected chi connectivity index (χ3v) is 2.08. The lowest BCUT2D eigenvalue weighted by Crippen LogP contribution is -2.63. The average Bonchev–Trinajstić information content (AvgIpc) is 2.13. The minimum atomic E-state index is -1.32. The third kappa shape index (κ3) is 1.97. The van der Waals surface area contributed by atoms with Crippen LogP contribution in [0.5, 0.6) is 0 Å². The van der Waals surface area contributed by atoms with Crippen LogP contribution in [-0.2, 0) is 9.57 Å². The Balaban J connectivity index is 2.69. The van der Waals surface area contributed by atoms with Crippen molar-refractivity contribution >= 4 is 0 Å². The smallest absolute Gasteiger partial charge is 0.173 e. The highest BCUT2D eigenvalue weighted by atomic mass is 16.7. The summed E-state index contributed by atoms with van der Waals surface area (Å²) >= 11 is 0. The Bertz CT molecular complexity index is 167. The molecule has 5 atom stereocenters. The van der Waals surface area contributed by atoms with Crippen LogP contribution in [0.4, 0.5) is 0 Å². The molecule has 0 aromatic rings. The molecule has 78 valence electrons. The van der Waals surface area contributed by atoms with Gasteiger partial charge in [-0.3, -0.25) is 4.84 Å². The van der Waals surface area contributed by atoms with Crippen molar-refractivity contribution in [3.8, 4) is 0 Å². The normalized spacial score (nSPS) is 46.4. The molecule has 0 spiro atoms. The van der Waals surface area contributed by atoms with E-state index in [4.69, 9.17) is 26.6 Å². The molecule has 1 fully saturated rings. The van der Waals surface area contributed by atoms with Crippen LogP contribution in [0.15, 0.2) is 0 Å². The summed E-state index contributed by atoms with van der Waals surface area (Å²) in [4.78, 5) is 4.40. The van der Waals surface area contributed by atoms with Gasteiger partial charge >= 0.3 is 0 Å². The SMILES string of the molecule is NOC1C(CO)OC(O)C(N)C1O. The summed E-state index contributed by atoms with van der Waals surface area (Å²) in [6.45, 7) is -0.414. The number of rotatable bonds is 2. The molecule has 7 N–H and O–H groups in total. The molecule has 7 nitrogen and oxygen atoms in total. The molecule has 1 heterocycles. The zero-order valence-electron chi connectivity index (χ0n) is 6.91. The third-order valence-electron chi connectivity index (χ3n) is 2.08. The molecule has 1 aliphatic rings. The Kier molecular flexibility index (Phi) is 3.56. The Morgan fingerprint density at radius 2 is 2.00 bits per heavy atom. The standard InChI is InChI=1S/C6H14N2O5/c7-3-4(10)5(13-8)2(1-9)12-6(3)11/h2-6,9-11H,1,7-8H2. The quantitative estimate of drug-likeness (QED) is 0.290. The van der Waals surface area contributed by atoms with Crippen molar-refractivity contribution in [3.63, 3.8) is 0 Å². The second-order valence-electron chi connectivity index (χ2n) is 2.92. The van der Waals surface area contributed by atoms with Gasteiger partial charge in [-0.15, -0.1) is 0 Å². The van der Waals surface area contributed by atoms with Crippen molar-refractivity contribution in [2.24, 2.45) is 11.6 Å². The monoisotopic (exact) mass is 194 g/mol. The maximum absolute atomic E-state index is 9.43. The van der Waals surface area contributed by atoms with E-state index in [0.29, 0.717) is 0 Å². The molecule has 1 rings (SSSR count). The molecule has 0 saturated carbocycles. The van der Waals surface area contributed by atoms with Crippen LogP contribution < -0.4 is 11.6 Å². The Morgan fingerprint density at radius 3 is 2.46 bits per heavy atom. The summed E-state index contributed by atoms with van der Waals surface area (Å²) in [6.07, 6.45) is -4.28. The van der Waals surface area contributed by atoms with E-state index in [1.165, 1.54) is 0 Å². The molecular formula is C6H14N2O5. The maximum Gasteiger partial charge on any atom is 0.173 e. The summed E-state index contributed by atoms with van der Waals surface area (Å²) in [5.74, 6) is 4.88. The van der Waals surface area contributed by atoms with Crippen LogP contribution in [0, 0.1) is 0 Å². The second kappa shape index (κ2) is 4.29. The van der Waals surface area contributed by atoms with Gasteiger partial charge in [0, 0.05) is 0 Å². The van der Waals surface area contributed by atoms with Crippen molar-refractivity contribution < 1.29 is 24.9 Å². The van der Waals surface area contributed by atoms with Gasteiger partial charge in [-0.05, 0) is 0 Å². The Morgan fingerprint density at radius 1 is 1.38 bits per heavy atom. The van der Waals surface area contributed by atoms with E-state index in [1.54, 1.807) is 0 Å². The summed E-state index contributed by atoms with van der Waals surface area (Å²) in [5.41, 5.74) is 5.36. The molecule has 5 unspecified atom stereocenters. The van der Waals surface area contributed by atoms with Gasteiger partial charge < -0.3 is 25.8 Å². The molecule has 7 heteroatoms. The lowest BCUT2D eigenvalue weighted by Gasteiger charge is -2.39. The van der Waals surface area contributed by atoms with E-state index in [0.717, 1.165) is 0 Å². The van der Waals surface area contributed by atoms with E-state index in [1.807, 2.05) is 0 Å². The van der Waals surface area contributed by atoms with Gasteiger partial charge in [0.15, 0.2) is 6.29 Å². The van der Waals surface area contributed by atoms with Crippen LogP contribution in [0.3, 0.4) is 0 Å². The van der Waals surface area contributed by atoms with E-state index in [2.05, 4.69) is 4.84 Å². The number of ether oxygens (including phenoxy) is 1. The van der Waals surface area contributed by atoms with Crippen molar-refractivity contribution in [2.75, 3.05) is 6.61 Å². The molecule has 0 aliphatic carbocycles. The first-order valence-electron chi connectivity index (χ1n) is 3.85. The highest BCUT2D eigenvalue weighted by molar-refractivity contribution is 4.91. The average molecular weight is 194 g/mol. The van der Waals surface area contributed by atoms with Gasteiger partial charge in [0.25, 0.3) is 0 Å². The topological polar surface area (TPSA) is 131 Å². The van der Waals surface area contributed by atoms with Gasteiger partial charge in [-0.25, -0.2) is 5.90 Å². The molecule has 0 radical (unpaired) electrons. The number of hydrogen-bond acceptors (Lipinski definition) is 7. The maximum atomic E-state index is 9.43. The van der Waals surface area contributed by atoms with Crippen molar-refractivity contribution in [2.45, 2.75) is 30.6 Å². The summed E-state index contributed by atoms with van der Waals surface area (Å²) in [7, 11) is 0. The predicted octanol–water partition coefficient (Wildman–Crippen LogP) is -3.36. The molecule has 0 bridgehead atoms. The molecule has 0 amide bonds. The van der Waals surface area contributed by atoms with E-state index >= 15 is 0 Å². The Hall–Kier alpha value is -0.280. The number of hydrogen-bond donors (Lipinski definition) is 5. The van der Waals surface area contributed by atoms with Crippen LogP contribution in [0.1, 0.15) is 0 Å². The summed E-state index contributed by atoms with van der Waals surface area (Å²) in [6, 6.07) is -0.989. The highest BCUT2D eigenvalue weighted by Crippen LogP contribution is 2.19. The van der Waals surface area contributed by atoms with Gasteiger partial charge in [-0.2, -0.15) is 0 Å². The highest BCUT2D eigenvalue weighted by Gasteiger charge is 2.43. The number of aliphatic hydroxyl groups is 3. The largest absolute Gasteiger partial charge is 0.394 e. The van der Waals surface area contributed by atoms with Gasteiger partial charge in [0.05, 0.1) is 12.6 Å². The fourth-order valence-corrected chi connectivity index (χ4v) is 1.27. The van der Waals surface area contributed by atoms with Crippen molar-refractivity contribution in [1.82, 2.24) is 0 Å². The van der Waals surface area contributed by atoms with Crippen molar-refractivity contribution in [1.29, 1.82) is 0 Å². The fraction of sp³-hybridized carbons (Fsp3) is 1.00. The number of nitrogens with two attached hydrogens (primary N) is 2. The first kappa shape index (κ1) is 10.8. The molecule has 1 aliphatic heterocycles. The second-order valence-corrected chi connectivity index (χ2v) is 2.92. The summed E-state index contributed by atoms with van der Waals surface area (Å²) < 4.78 is 4.84. The molecular weight excluding hydrogens is 180 g/mol. The lowest BCUT2D eigenvalue weighted by molar-refractivity contribution is -0.259. The van der Waals surface area contributed by atoms with Crippen LogP contribution >= 0.6 is 0 Å². The fourth-order valence-electron chi connectivity index (χ4n) is 1.27. The molecule has 0 aromatic carbocycles. The van der Waals surface area contributed by atoms with Crippen LogP contribution in [0.2, 0.25) is 0 Å². The van der Waals surface area contributed by atoms with Gasteiger partial charge in [-0.1, -0.05) is 0 Å².